The normalized spacial score (nSPS) is 18.6. The molecule has 0 spiro atoms. The number of hydrogen-bond acceptors (Lipinski definition) is 3. The Morgan fingerprint density at radius 3 is 2.17 bits per heavy atom. The number of ether oxygens (including phenoxy) is 2. The van der Waals surface area contributed by atoms with Gasteiger partial charge in [-0.25, -0.2) is 13.6 Å². The second-order valence-corrected chi connectivity index (χ2v) is 9.43. The van der Waals surface area contributed by atoms with Gasteiger partial charge in [-0.3, -0.25) is 0 Å². The molecule has 0 aliphatic heterocycles. The third-order valence-corrected chi connectivity index (χ3v) is 6.99. The number of halogens is 2. The van der Waals surface area contributed by atoms with Crippen LogP contribution in [0.1, 0.15) is 79.3 Å². The van der Waals surface area contributed by atoms with Crippen LogP contribution in [0, 0.1) is 17.6 Å². The maximum atomic E-state index is 14.0. The van der Waals surface area contributed by atoms with Gasteiger partial charge in [0, 0.05) is 12.1 Å². The zero-order valence-electron chi connectivity index (χ0n) is 20.3. The molecule has 35 heavy (non-hydrogen) atoms. The number of esters is 1. The molecule has 0 heterocycles. The van der Waals surface area contributed by atoms with E-state index in [1.165, 1.54) is 30.4 Å². The van der Waals surface area contributed by atoms with Crippen molar-refractivity contribution in [3.63, 3.8) is 0 Å². The van der Waals surface area contributed by atoms with Crippen LogP contribution in [0.4, 0.5) is 8.78 Å². The Morgan fingerprint density at radius 1 is 0.943 bits per heavy atom. The van der Waals surface area contributed by atoms with E-state index in [1.54, 1.807) is 19.1 Å². The van der Waals surface area contributed by atoms with Crippen LogP contribution in [0.3, 0.4) is 0 Å². The summed E-state index contributed by atoms with van der Waals surface area (Å²) >= 11 is 0. The highest BCUT2D eigenvalue weighted by atomic mass is 19.1. The summed E-state index contributed by atoms with van der Waals surface area (Å²) in [5.41, 5.74) is 2.97. The summed E-state index contributed by atoms with van der Waals surface area (Å²) in [6.07, 6.45) is 5.91. The van der Waals surface area contributed by atoms with Crippen molar-refractivity contribution in [2.75, 3.05) is 6.61 Å². The number of hydrogen-bond donors (Lipinski definition) is 0. The van der Waals surface area contributed by atoms with Gasteiger partial charge in [-0.15, -0.1) is 0 Å². The van der Waals surface area contributed by atoms with Crippen molar-refractivity contribution in [2.45, 2.75) is 57.8 Å². The van der Waals surface area contributed by atoms with Gasteiger partial charge in [0.2, 0.25) is 0 Å². The first kappa shape index (κ1) is 24.9. The Kier molecular flexibility index (Phi) is 8.17. The molecule has 0 saturated heterocycles. The van der Waals surface area contributed by atoms with E-state index in [1.807, 2.05) is 12.1 Å². The largest absolute Gasteiger partial charge is 0.488 e. The first-order valence-corrected chi connectivity index (χ1v) is 12.4. The lowest BCUT2D eigenvalue weighted by Crippen LogP contribution is -2.15. The highest BCUT2D eigenvalue weighted by molar-refractivity contribution is 5.91. The van der Waals surface area contributed by atoms with E-state index < -0.39 is 23.4 Å². The van der Waals surface area contributed by atoms with Gasteiger partial charge in [-0.05, 0) is 80.0 Å². The number of carbonyl (C=O) groups excluding carboxylic acids is 1. The molecular formula is C30H32F2O3. The van der Waals surface area contributed by atoms with Crippen LogP contribution in [0.15, 0.2) is 66.7 Å². The second-order valence-electron chi connectivity index (χ2n) is 9.43. The molecule has 0 N–H and O–H groups in total. The van der Waals surface area contributed by atoms with Gasteiger partial charge in [-0.1, -0.05) is 49.4 Å². The topological polar surface area (TPSA) is 35.5 Å². The van der Waals surface area contributed by atoms with Crippen molar-refractivity contribution in [3.05, 3.63) is 95.1 Å². The van der Waals surface area contributed by atoms with E-state index in [4.69, 9.17) is 9.47 Å². The van der Waals surface area contributed by atoms with Gasteiger partial charge in [0.1, 0.15) is 5.75 Å². The highest BCUT2D eigenvalue weighted by Gasteiger charge is 2.24. The second kappa shape index (κ2) is 11.5. The fraction of sp³-hybridized carbons (Fsp3) is 0.367. The van der Waals surface area contributed by atoms with Crippen LogP contribution in [0.2, 0.25) is 0 Å². The Bertz CT molecular complexity index is 1100. The van der Waals surface area contributed by atoms with Crippen LogP contribution < -0.4 is 9.47 Å². The first-order valence-electron chi connectivity index (χ1n) is 12.4. The molecule has 5 heteroatoms. The molecule has 0 aromatic heterocycles. The van der Waals surface area contributed by atoms with E-state index in [-0.39, 0.29) is 12.4 Å². The van der Waals surface area contributed by atoms with Crippen molar-refractivity contribution in [1.29, 1.82) is 0 Å². The van der Waals surface area contributed by atoms with Crippen molar-refractivity contribution in [3.8, 4) is 11.5 Å². The molecule has 0 unspecified atom stereocenters. The Morgan fingerprint density at radius 2 is 1.57 bits per heavy atom. The van der Waals surface area contributed by atoms with Gasteiger partial charge in [0.05, 0.1) is 12.2 Å². The fourth-order valence-corrected chi connectivity index (χ4v) is 5.08. The maximum Gasteiger partial charge on any atom is 0.343 e. The molecule has 1 saturated carbocycles. The van der Waals surface area contributed by atoms with Crippen LogP contribution in [-0.4, -0.2) is 12.6 Å². The Labute approximate surface area is 206 Å². The van der Waals surface area contributed by atoms with Crippen molar-refractivity contribution in [1.82, 2.24) is 0 Å². The molecule has 184 valence electrons. The molecule has 1 atom stereocenters. The van der Waals surface area contributed by atoms with Gasteiger partial charge in [0.25, 0.3) is 0 Å². The van der Waals surface area contributed by atoms with Crippen molar-refractivity contribution in [2.24, 2.45) is 5.92 Å². The van der Waals surface area contributed by atoms with Crippen molar-refractivity contribution >= 4 is 5.97 Å². The summed E-state index contributed by atoms with van der Waals surface area (Å²) < 4.78 is 38.2. The van der Waals surface area contributed by atoms with E-state index >= 15 is 0 Å². The lowest BCUT2D eigenvalue weighted by atomic mass is 9.75. The summed E-state index contributed by atoms with van der Waals surface area (Å²) in [5.74, 6) is -1.33. The number of carbonyl (C=O) groups is 1. The monoisotopic (exact) mass is 478 g/mol. The third-order valence-electron chi connectivity index (χ3n) is 6.99. The van der Waals surface area contributed by atoms with Crippen LogP contribution >= 0.6 is 0 Å². The quantitative estimate of drug-likeness (QED) is 0.243. The molecule has 3 aromatic rings. The van der Waals surface area contributed by atoms with Gasteiger partial charge in [-0.2, -0.15) is 0 Å². The Hall–Kier alpha value is -3.21. The summed E-state index contributed by atoms with van der Waals surface area (Å²) in [7, 11) is 0. The van der Waals surface area contributed by atoms with Crippen molar-refractivity contribution < 1.29 is 23.0 Å². The fourth-order valence-electron chi connectivity index (χ4n) is 5.08. The summed E-state index contributed by atoms with van der Waals surface area (Å²) in [6.45, 7) is 4.08. The van der Waals surface area contributed by atoms with Crippen LogP contribution in [0.5, 0.6) is 11.5 Å². The molecule has 1 aliphatic rings. The third kappa shape index (κ3) is 6.27. The standard InChI is InChI=1S/C30H32F2O3/c1-3-34-29-27(31)18-26(19-28(29)32)35-30(33)25-15-13-24(14-16-25)23-11-9-21(10-12-23)17-20(2)22-7-5-4-6-8-22/h4-8,13-16,18-21,23H,3,9-12,17H2,1-2H3/t20-,21?,23?/m1/s1. The van der Waals surface area contributed by atoms with E-state index in [9.17, 15) is 13.6 Å². The zero-order chi connectivity index (χ0) is 24.8. The van der Waals surface area contributed by atoms with Gasteiger partial charge >= 0.3 is 5.97 Å². The average Bonchev–Trinajstić information content (AvgIpc) is 2.87. The minimum absolute atomic E-state index is 0.133. The molecule has 0 radical (unpaired) electrons. The lowest BCUT2D eigenvalue weighted by Gasteiger charge is -2.30. The van der Waals surface area contributed by atoms with E-state index in [2.05, 4.69) is 37.3 Å². The molecule has 0 bridgehead atoms. The smallest absolute Gasteiger partial charge is 0.343 e. The molecule has 3 aromatic carbocycles. The van der Waals surface area contributed by atoms with E-state index in [0.717, 1.165) is 30.9 Å². The predicted molar refractivity (Wildman–Crippen MR) is 133 cm³/mol. The molecular weight excluding hydrogens is 446 g/mol. The summed E-state index contributed by atoms with van der Waals surface area (Å²) in [5, 5.41) is 0. The minimum atomic E-state index is -0.904. The minimum Gasteiger partial charge on any atom is -0.488 e. The molecule has 4 rings (SSSR count). The molecule has 3 nitrogen and oxygen atoms in total. The number of rotatable bonds is 8. The first-order chi connectivity index (χ1) is 16.9. The predicted octanol–water partition coefficient (Wildman–Crippen LogP) is 8.05. The van der Waals surface area contributed by atoms with Crippen LogP contribution in [-0.2, 0) is 0 Å². The van der Waals surface area contributed by atoms with E-state index in [0.29, 0.717) is 17.4 Å². The average molecular weight is 479 g/mol. The lowest BCUT2D eigenvalue weighted by molar-refractivity contribution is 0.0733. The maximum absolute atomic E-state index is 14.0. The van der Waals surface area contributed by atoms with Gasteiger partial charge in [0.15, 0.2) is 17.4 Å². The Balaban J connectivity index is 1.31. The summed E-state index contributed by atoms with van der Waals surface area (Å²) in [4.78, 5) is 12.5. The molecule has 1 aliphatic carbocycles. The number of benzene rings is 3. The van der Waals surface area contributed by atoms with Gasteiger partial charge < -0.3 is 9.47 Å². The van der Waals surface area contributed by atoms with Crippen LogP contribution in [0.25, 0.3) is 0 Å². The molecule has 0 amide bonds. The SMILES string of the molecule is CCOc1c(F)cc(OC(=O)c2ccc(C3CCC(C[C@@H](C)c4ccccc4)CC3)cc2)cc1F. The molecule has 1 fully saturated rings. The highest BCUT2D eigenvalue weighted by Crippen LogP contribution is 2.39. The summed E-state index contributed by atoms with van der Waals surface area (Å²) in [6, 6.07) is 20.0. The zero-order valence-corrected chi connectivity index (χ0v) is 20.3.